The third kappa shape index (κ3) is 7.91. The minimum Gasteiger partial charge on any atom is -0.474 e. The van der Waals surface area contributed by atoms with Crippen LogP contribution in [0, 0.1) is 18.6 Å². The van der Waals surface area contributed by atoms with E-state index in [2.05, 4.69) is 30.9 Å². The molecule has 44 heavy (non-hydrogen) atoms. The fraction of sp³-hybridized carbons (Fsp3) is 0.500. The highest BCUT2D eigenvalue weighted by Gasteiger charge is 2.39. The summed E-state index contributed by atoms with van der Waals surface area (Å²) in [5.74, 6) is -2.47. The number of halogens is 5. The Hall–Kier alpha value is -4.05. The third-order valence-corrected chi connectivity index (χ3v) is 6.42. The number of carbonyl (C=O) groups excluding carboxylic acids is 1. The highest BCUT2D eigenvalue weighted by Crippen LogP contribution is 2.44. The Morgan fingerprint density at radius 1 is 1.05 bits per heavy atom. The van der Waals surface area contributed by atoms with Crippen LogP contribution in [0.25, 0.3) is 22.2 Å². The Morgan fingerprint density at radius 3 is 2.36 bits per heavy atom. The number of nitrogens with two attached hydrogens (primary N) is 1. The molecular weight excluding hydrogens is 593 g/mol. The summed E-state index contributed by atoms with van der Waals surface area (Å²) in [6, 6.07) is 0.495. The number of pyridine rings is 1. The number of hydrogen-bond donors (Lipinski definition) is 4. The lowest BCUT2D eigenvalue weighted by Crippen LogP contribution is -2.36. The summed E-state index contributed by atoms with van der Waals surface area (Å²) < 4.78 is 88.0. The number of methoxy groups -OCH3 is 1. The molecule has 3 aromatic rings. The number of nitrogen functional groups attached to an aromatic ring is 1. The topological polar surface area (TPSA) is 146 Å². The number of carbonyl (C=O) groups is 1. The fourth-order valence-electron chi connectivity index (χ4n) is 4.40. The van der Waals surface area contributed by atoms with E-state index in [4.69, 9.17) is 19.9 Å². The van der Waals surface area contributed by atoms with Crippen LogP contribution in [-0.4, -0.2) is 73.5 Å². The van der Waals surface area contributed by atoms with Crippen LogP contribution in [0.1, 0.15) is 38.3 Å². The van der Waals surface area contributed by atoms with Crippen molar-refractivity contribution in [3.8, 4) is 23.1 Å². The molecule has 0 spiro atoms. The van der Waals surface area contributed by atoms with Gasteiger partial charge in [0.15, 0.2) is 5.82 Å². The van der Waals surface area contributed by atoms with Gasteiger partial charge in [0, 0.05) is 25.2 Å². The number of benzene rings is 1. The van der Waals surface area contributed by atoms with Crippen molar-refractivity contribution < 1.29 is 41.0 Å². The number of amides is 1. The normalized spacial score (nSPS) is 17.0. The highest BCUT2D eigenvalue weighted by molar-refractivity contribution is 5.96. The van der Waals surface area contributed by atoms with E-state index >= 15 is 4.39 Å². The SMILES string of the molecule is CC.COc1nc2c3c(nc(-c4cc(N)c(F)c(C)c4C(F)(F)F)c(F)c3n1)OC(C)CCNCCN2.O=C1COCCN1. The van der Waals surface area contributed by atoms with E-state index in [1.165, 1.54) is 7.11 Å². The van der Waals surface area contributed by atoms with Crippen molar-refractivity contribution in [2.45, 2.75) is 46.4 Å². The maximum Gasteiger partial charge on any atom is 0.417 e. The van der Waals surface area contributed by atoms with Crippen LogP contribution in [0.4, 0.5) is 33.5 Å². The van der Waals surface area contributed by atoms with Crippen molar-refractivity contribution in [3.05, 3.63) is 28.8 Å². The second-order valence-corrected chi connectivity index (χ2v) is 9.48. The Bertz CT molecular complexity index is 1470. The second kappa shape index (κ2) is 15.1. The number of nitrogens with one attached hydrogen (secondary N) is 3. The molecule has 0 aliphatic carbocycles. The second-order valence-electron chi connectivity index (χ2n) is 9.48. The zero-order valence-corrected chi connectivity index (χ0v) is 25.0. The van der Waals surface area contributed by atoms with Crippen LogP contribution < -0.4 is 31.2 Å². The Morgan fingerprint density at radius 2 is 1.77 bits per heavy atom. The quantitative estimate of drug-likeness (QED) is 0.240. The molecule has 1 atom stereocenters. The van der Waals surface area contributed by atoms with Crippen LogP contribution in [0.2, 0.25) is 0 Å². The number of rotatable bonds is 2. The van der Waals surface area contributed by atoms with E-state index < -0.39 is 52.0 Å². The summed E-state index contributed by atoms with van der Waals surface area (Å²) in [6.45, 7) is 9.79. The summed E-state index contributed by atoms with van der Waals surface area (Å²) in [4.78, 5) is 22.6. The van der Waals surface area contributed by atoms with Crippen LogP contribution in [0.15, 0.2) is 6.07 Å². The molecule has 11 nitrogen and oxygen atoms in total. The molecule has 5 rings (SSSR count). The predicted octanol–water partition coefficient (Wildman–Crippen LogP) is 4.22. The molecular formula is C28H36F5N7O4. The van der Waals surface area contributed by atoms with Gasteiger partial charge in [-0.3, -0.25) is 4.79 Å². The van der Waals surface area contributed by atoms with Gasteiger partial charge in [0.2, 0.25) is 11.8 Å². The van der Waals surface area contributed by atoms with Gasteiger partial charge in [0.05, 0.1) is 31.1 Å². The molecule has 2 aliphatic rings. The Labute approximate surface area is 251 Å². The van der Waals surface area contributed by atoms with Crippen molar-refractivity contribution in [1.29, 1.82) is 0 Å². The van der Waals surface area contributed by atoms with Crippen molar-refractivity contribution in [3.63, 3.8) is 0 Å². The van der Waals surface area contributed by atoms with Crippen LogP contribution in [0.3, 0.4) is 0 Å². The molecule has 1 amide bonds. The first-order valence-corrected chi connectivity index (χ1v) is 14.0. The van der Waals surface area contributed by atoms with Gasteiger partial charge in [-0.05, 0) is 38.4 Å². The Balaban J connectivity index is 0.000000510. The first kappa shape index (κ1) is 34.4. The number of hydrogen-bond acceptors (Lipinski definition) is 10. The van der Waals surface area contributed by atoms with Gasteiger partial charge in [-0.2, -0.15) is 23.1 Å². The summed E-state index contributed by atoms with van der Waals surface area (Å²) in [5, 5.41) is 8.90. The molecule has 2 aliphatic heterocycles. The lowest BCUT2D eigenvalue weighted by molar-refractivity contribution is -0.137. The van der Waals surface area contributed by atoms with Gasteiger partial charge in [-0.25, -0.2) is 13.8 Å². The largest absolute Gasteiger partial charge is 0.474 e. The number of anilines is 2. The summed E-state index contributed by atoms with van der Waals surface area (Å²) in [6.07, 6.45) is -4.92. The van der Waals surface area contributed by atoms with Crippen molar-refractivity contribution >= 4 is 28.3 Å². The van der Waals surface area contributed by atoms with Gasteiger partial charge in [-0.15, -0.1) is 0 Å². The summed E-state index contributed by atoms with van der Waals surface area (Å²) >= 11 is 0. The zero-order valence-electron chi connectivity index (χ0n) is 25.0. The molecule has 1 saturated heterocycles. The molecule has 1 aromatic carbocycles. The minimum atomic E-state index is -5.02. The highest BCUT2D eigenvalue weighted by atomic mass is 19.4. The van der Waals surface area contributed by atoms with Gasteiger partial charge in [0.25, 0.3) is 0 Å². The smallest absolute Gasteiger partial charge is 0.417 e. The number of aromatic nitrogens is 3. The molecule has 16 heteroatoms. The lowest BCUT2D eigenvalue weighted by atomic mass is 9.96. The molecule has 0 saturated carbocycles. The van der Waals surface area contributed by atoms with Crippen molar-refractivity contribution in [2.75, 3.05) is 57.6 Å². The fourth-order valence-corrected chi connectivity index (χ4v) is 4.40. The number of nitrogens with zero attached hydrogens (tertiary/aromatic N) is 3. The monoisotopic (exact) mass is 629 g/mol. The van der Waals surface area contributed by atoms with Gasteiger partial charge in [-0.1, -0.05) is 13.8 Å². The maximum absolute atomic E-state index is 15.9. The van der Waals surface area contributed by atoms with Crippen LogP contribution in [0.5, 0.6) is 11.9 Å². The van der Waals surface area contributed by atoms with Crippen LogP contribution >= 0.6 is 0 Å². The average Bonchev–Trinajstić information content (AvgIpc) is 3.02. The molecule has 1 unspecified atom stereocenters. The molecule has 5 N–H and O–H groups in total. The van der Waals surface area contributed by atoms with Crippen LogP contribution in [-0.2, 0) is 15.7 Å². The Kier molecular flexibility index (Phi) is 11.8. The van der Waals surface area contributed by atoms with E-state index in [1.807, 2.05) is 13.8 Å². The predicted molar refractivity (Wildman–Crippen MR) is 155 cm³/mol. The summed E-state index contributed by atoms with van der Waals surface area (Å²) in [5.41, 5.74) is 1.04. The first-order valence-electron chi connectivity index (χ1n) is 14.0. The molecule has 2 aromatic heterocycles. The average molecular weight is 630 g/mol. The molecule has 242 valence electrons. The van der Waals surface area contributed by atoms with Gasteiger partial charge < -0.3 is 35.9 Å². The summed E-state index contributed by atoms with van der Waals surface area (Å²) in [7, 11) is 1.27. The third-order valence-electron chi connectivity index (χ3n) is 6.42. The van der Waals surface area contributed by atoms with E-state index in [0.29, 0.717) is 45.3 Å². The number of morpholine rings is 1. The van der Waals surface area contributed by atoms with E-state index in [0.717, 1.165) is 6.92 Å². The van der Waals surface area contributed by atoms with Gasteiger partial charge >= 0.3 is 12.2 Å². The first-order chi connectivity index (χ1) is 20.9. The minimum absolute atomic E-state index is 0.00810. The van der Waals surface area contributed by atoms with E-state index in [-0.39, 0.29) is 41.1 Å². The molecule has 4 heterocycles. The standard InChI is InChI=1S/C22H23F5N6O2.C4H7NO2.C2H6/c1-9-4-5-29-6-7-30-19-13-18(32-21(33-19)34-3)16(24)17(31-20(13)35-9)11-8-12(28)15(23)10(2)14(11)22(25,26)27;6-4-3-7-2-1-5-4;1-2/h8-9,29H,4-7,28H2,1-3H3,(H,30,32,33);1-3H2,(H,5,6);1-2H3. The molecule has 1 fully saturated rings. The maximum atomic E-state index is 15.9. The lowest BCUT2D eigenvalue weighted by Gasteiger charge is -2.21. The van der Waals surface area contributed by atoms with Crippen molar-refractivity contribution in [2.24, 2.45) is 0 Å². The van der Waals surface area contributed by atoms with E-state index in [9.17, 15) is 22.4 Å². The molecule has 0 bridgehead atoms. The molecule has 0 radical (unpaired) electrons. The van der Waals surface area contributed by atoms with Crippen molar-refractivity contribution in [1.82, 2.24) is 25.6 Å². The number of alkyl halides is 3. The van der Waals surface area contributed by atoms with E-state index in [1.54, 1.807) is 6.92 Å². The zero-order chi connectivity index (χ0) is 32.6. The number of ether oxygens (including phenoxy) is 3. The van der Waals surface area contributed by atoms with Gasteiger partial charge in [0.1, 0.15) is 34.8 Å².